The molecular formula is C11H16N2O6. The van der Waals surface area contributed by atoms with Gasteiger partial charge in [-0.25, -0.2) is 4.79 Å². The van der Waals surface area contributed by atoms with E-state index in [1.54, 1.807) is 0 Å². The largest absolute Gasteiger partial charge is 0.480 e. The molecule has 0 radical (unpaired) electrons. The number of carbonyl (C=O) groups is 4. The van der Waals surface area contributed by atoms with E-state index in [-0.39, 0.29) is 6.54 Å². The van der Waals surface area contributed by atoms with Crippen LogP contribution in [0, 0.1) is 0 Å². The van der Waals surface area contributed by atoms with Gasteiger partial charge in [0.25, 0.3) is 0 Å². The van der Waals surface area contributed by atoms with Crippen LogP contribution >= 0.6 is 0 Å². The Morgan fingerprint density at radius 2 is 1.84 bits per heavy atom. The third-order valence-electron chi connectivity index (χ3n) is 2.95. The summed E-state index contributed by atoms with van der Waals surface area (Å²) in [4.78, 5) is 46.9. The smallest absolute Gasteiger partial charge is 0.326 e. The maximum absolute atomic E-state index is 11.9. The molecule has 1 saturated heterocycles. The fraction of sp³-hybridized carbons (Fsp3) is 0.636. The van der Waals surface area contributed by atoms with Gasteiger partial charge in [0.1, 0.15) is 12.6 Å². The third-order valence-corrected chi connectivity index (χ3v) is 2.95. The molecule has 0 spiro atoms. The van der Waals surface area contributed by atoms with Gasteiger partial charge >= 0.3 is 23.8 Å². The van der Waals surface area contributed by atoms with Gasteiger partial charge in [-0.05, 0) is 19.3 Å². The molecule has 0 unspecified atom stereocenters. The molecular weight excluding hydrogens is 256 g/mol. The summed E-state index contributed by atoms with van der Waals surface area (Å²) in [7, 11) is 1.19. The summed E-state index contributed by atoms with van der Waals surface area (Å²) in [5.74, 6) is -4.36. The van der Waals surface area contributed by atoms with E-state index in [0.29, 0.717) is 19.3 Å². The number of carboxylic acid groups (broad SMARTS) is 2. The van der Waals surface area contributed by atoms with Crippen molar-refractivity contribution in [2.75, 3.05) is 20.1 Å². The maximum atomic E-state index is 11.9. The molecule has 1 heterocycles. The highest BCUT2D eigenvalue weighted by Crippen LogP contribution is 2.17. The van der Waals surface area contributed by atoms with Crippen LogP contribution < -0.4 is 0 Å². The Hall–Kier alpha value is -2.12. The van der Waals surface area contributed by atoms with Crippen molar-refractivity contribution in [3.8, 4) is 0 Å². The number of hydrogen-bond acceptors (Lipinski definition) is 4. The summed E-state index contributed by atoms with van der Waals surface area (Å²) in [5.41, 5.74) is 0. The molecule has 2 amide bonds. The minimum atomic E-state index is -1.24. The number of piperidine rings is 1. The van der Waals surface area contributed by atoms with Crippen LogP contribution in [0.2, 0.25) is 0 Å². The van der Waals surface area contributed by atoms with Crippen molar-refractivity contribution in [3.63, 3.8) is 0 Å². The Kier molecular flexibility index (Phi) is 4.85. The highest BCUT2D eigenvalue weighted by molar-refractivity contribution is 6.35. The van der Waals surface area contributed by atoms with Gasteiger partial charge in [0.2, 0.25) is 0 Å². The minimum Gasteiger partial charge on any atom is -0.480 e. The zero-order chi connectivity index (χ0) is 14.6. The quantitative estimate of drug-likeness (QED) is 0.636. The molecule has 8 heteroatoms. The van der Waals surface area contributed by atoms with Crippen LogP contribution in [0.3, 0.4) is 0 Å². The van der Waals surface area contributed by atoms with E-state index in [1.807, 2.05) is 0 Å². The van der Waals surface area contributed by atoms with Crippen molar-refractivity contribution in [2.24, 2.45) is 0 Å². The summed E-state index contributed by atoms with van der Waals surface area (Å²) in [5, 5.41) is 17.6. The van der Waals surface area contributed by atoms with E-state index < -0.39 is 36.3 Å². The minimum absolute atomic E-state index is 0.197. The number of carbonyl (C=O) groups excluding carboxylic acids is 2. The molecule has 0 bridgehead atoms. The zero-order valence-corrected chi connectivity index (χ0v) is 10.5. The molecule has 0 aromatic carbocycles. The molecule has 0 aliphatic carbocycles. The second kappa shape index (κ2) is 6.17. The average Bonchev–Trinajstić information content (AvgIpc) is 2.36. The van der Waals surface area contributed by atoms with Crippen molar-refractivity contribution < 1.29 is 29.4 Å². The molecule has 1 atom stereocenters. The van der Waals surface area contributed by atoms with Gasteiger partial charge in [-0.2, -0.15) is 0 Å². The number of nitrogens with zero attached hydrogens (tertiary/aromatic N) is 2. The normalized spacial score (nSPS) is 18.8. The van der Waals surface area contributed by atoms with E-state index in [1.165, 1.54) is 7.05 Å². The molecule has 8 nitrogen and oxygen atoms in total. The van der Waals surface area contributed by atoms with Crippen LogP contribution in [0.5, 0.6) is 0 Å². The first-order valence-corrected chi connectivity index (χ1v) is 5.85. The first-order valence-electron chi connectivity index (χ1n) is 5.85. The second-order valence-electron chi connectivity index (χ2n) is 4.40. The number of aliphatic carboxylic acids is 2. The van der Waals surface area contributed by atoms with Gasteiger partial charge in [0.15, 0.2) is 0 Å². The molecule has 106 valence electrons. The van der Waals surface area contributed by atoms with Crippen molar-refractivity contribution in [2.45, 2.75) is 25.3 Å². The van der Waals surface area contributed by atoms with Gasteiger partial charge in [0, 0.05) is 13.6 Å². The molecule has 0 saturated carbocycles. The van der Waals surface area contributed by atoms with E-state index in [4.69, 9.17) is 10.2 Å². The Morgan fingerprint density at radius 3 is 2.37 bits per heavy atom. The lowest BCUT2D eigenvalue weighted by Gasteiger charge is -2.33. The van der Waals surface area contributed by atoms with E-state index in [0.717, 1.165) is 9.80 Å². The van der Waals surface area contributed by atoms with Gasteiger partial charge in [-0.15, -0.1) is 0 Å². The molecule has 2 N–H and O–H groups in total. The maximum Gasteiger partial charge on any atom is 0.326 e. The summed E-state index contributed by atoms with van der Waals surface area (Å²) >= 11 is 0. The fourth-order valence-corrected chi connectivity index (χ4v) is 1.99. The number of likely N-dealkylation sites (tertiary alicyclic amines) is 1. The topological polar surface area (TPSA) is 115 Å². The second-order valence-corrected chi connectivity index (χ2v) is 4.40. The fourth-order valence-electron chi connectivity index (χ4n) is 1.99. The number of rotatable bonds is 3. The molecule has 1 aliphatic rings. The highest BCUT2D eigenvalue weighted by atomic mass is 16.4. The van der Waals surface area contributed by atoms with Crippen LogP contribution in [-0.2, 0) is 19.2 Å². The number of amides is 2. The zero-order valence-electron chi connectivity index (χ0n) is 10.5. The summed E-state index contributed by atoms with van der Waals surface area (Å²) in [6.45, 7) is -0.404. The standard InChI is InChI=1S/C11H16N2O6/c1-12(6-8(14)15)9(16)10(17)13-5-3-2-4-7(13)11(18)19/h7H,2-6H2,1H3,(H,14,15)(H,18,19)/t7-/m0/s1. The van der Waals surface area contributed by atoms with E-state index in [9.17, 15) is 19.2 Å². The monoisotopic (exact) mass is 272 g/mol. The summed E-state index contributed by atoms with van der Waals surface area (Å²) in [6, 6.07) is -1.01. The molecule has 1 aliphatic heterocycles. The van der Waals surface area contributed by atoms with Crippen molar-refractivity contribution in [3.05, 3.63) is 0 Å². The van der Waals surface area contributed by atoms with Crippen LogP contribution in [0.1, 0.15) is 19.3 Å². The molecule has 0 aromatic rings. The molecule has 0 aromatic heterocycles. The lowest BCUT2D eigenvalue weighted by atomic mass is 10.0. The van der Waals surface area contributed by atoms with Crippen LogP contribution in [0.4, 0.5) is 0 Å². The summed E-state index contributed by atoms with van der Waals surface area (Å²) in [6.07, 6.45) is 1.61. The Morgan fingerprint density at radius 1 is 1.21 bits per heavy atom. The van der Waals surface area contributed by atoms with Gasteiger partial charge in [0.05, 0.1) is 0 Å². The van der Waals surface area contributed by atoms with Gasteiger partial charge < -0.3 is 20.0 Å². The van der Waals surface area contributed by atoms with E-state index >= 15 is 0 Å². The predicted octanol–water partition coefficient (Wildman–Crippen LogP) is -1.00. The van der Waals surface area contributed by atoms with E-state index in [2.05, 4.69) is 0 Å². The Bertz CT molecular complexity index is 408. The Labute approximate surface area is 109 Å². The van der Waals surface area contributed by atoms with Crippen LogP contribution in [0.25, 0.3) is 0 Å². The van der Waals surface area contributed by atoms with Crippen molar-refractivity contribution in [1.82, 2.24) is 9.80 Å². The SMILES string of the molecule is CN(CC(=O)O)C(=O)C(=O)N1CCCC[C@H]1C(=O)O. The van der Waals surface area contributed by atoms with Crippen LogP contribution in [-0.4, -0.2) is 69.9 Å². The average molecular weight is 272 g/mol. The number of hydrogen-bond donors (Lipinski definition) is 2. The van der Waals surface area contributed by atoms with Gasteiger partial charge in [-0.1, -0.05) is 0 Å². The van der Waals surface area contributed by atoms with Crippen molar-refractivity contribution >= 4 is 23.8 Å². The van der Waals surface area contributed by atoms with Crippen LogP contribution in [0.15, 0.2) is 0 Å². The molecule has 1 rings (SSSR count). The summed E-state index contributed by atoms with van der Waals surface area (Å²) < 4.78 is 0. The molecule has 19 heavy (non-hydrogen) atoms. The van der Waals surface area contributed by atoms with Crippen molar-refractivity contribution in [1.29, 1.82) is 0 Å². The van der Waals surface area contributed by atoms with Gasteiger partial charge in [-0.3, -0.25) is 14.4 Å². The highest BCUT2D eigenvalue weighted by Gasteiger charge is 2.36. The molecule has 1 fully saturated rings. The predicted molar refractivity (Wildman–Crippen MR) is 62.3 cm³/mol. The first kappa shape index (κ1) is 14.9. The number of likely N-dealkylation sites (N-methyl/N-ethyl adjacent to an activating group) is 1. The third kappa shape index (κ3) is 3.67. The lowest BCUT2D eigenvalue weighted by Crippen LogP contribution is -2.53. The number of carboxylic acids is 2. The lowest BCUT2D eigenvalue weighted by molar-refractivity contribution is -0.160. The Balaban J connectivity index is 2.76. The first-order chi connectivity index (χ1) is 8.84.